The summed E-state index contributed by atoms with van der Waals surface area (Å²) in [4.78, 5) is 1.09. The van der Waals surface area contributed by atoms with Crippen LogP contribution in [0.25, 0.3) is 0 Å². The summed E-state index contributed by atoms with van der Waals surface area (Å²) in [5, 5.41) is 5.29. The van der Waals surface area contributed by atoms with Crippen LogP contribution in [-0.4, -0.2) is 37.6 Å². The SMILES string of the molecule is CCCNCCCCS(=O)(=O)N(Cc1cccs1)C(C)C. The zero-order chi connectivity index (χ0) is 15.7. The molecule has 122 valence electrons. The van der Waals surface area contributed by atoms with Crippen molar-refractivity contribution in [3.8, 4) is 0 Å². The Balaban J connectivity index is 2.48. The summed E-state index contributed by atoms with van der Waals surface area (Å²) in [5.74, 6) is 0.240. The quantitative estimate of drug-likeness (QED) is 0.634. The van der Waals surface area contributed by atoms with E-state index in [9.17, 15) is 8.42 Å². The van der Waals surface area contributed by atoms with Crippen LogP contribution in [0.15, 0.2) is 17.5 Å². The van der Waals surface area contributed by atoms with Gasteiger partial charge in [-0.3, -0.25) is 0 Å². The molecule has 0 spiro atoms. The van der Waals surface area contributed by atoms with Crippen molar-refractivity contribution in [2.45, 2.75) is 52.6 Å². The molecule has 0 aromatic carbocycles. The molecule has 4 nitrogen and oxygen atoms in total. The fraction of sp³-hybridized carbons (Fsp3) is 0.733. The minimum atomic E-state index is -3.18. The predicted octanol–water partition coefficient (Wildman–Crippen LogP) is 3.07. The van der Waals surface area contributed by atoms with E-state index in [0.29, 0.717) is 13.0 Å². The Morgan fingerprint density at radius 3 is 2.62 bits per heavy atom. The summed E-state index contributed by atoms with van der Waals surface area (Å²) in [6.45, 7) is 8.40. The van der Waals surface area contributed by atoms with Crippen LogP contribution in [0.1, 0.15) is 44.9 Å². The van der Waals surface area contributed by atoms with Crippen molar-refractivity contribution < 1.29 is 8.42 Å². The number of nitrogens with one attached hydrogen (secondary N) is 1. The number of rotatable bonds is 11. The first kappa shape index (κ1) is 18.6. The molecule has 21 heavy (non-hydrogen) atoms. The van der Waals surface area contributed by atoms with Gasteiger partial charge in [0.25, 0.3) is 0 Å². The average Bonchev–Trinajstić information content (AvgIpc) is 2.92. The number of sulfonamides is 1. The van der Waals surface area contributed by atoms with Crippen molar-refractivity contribution in [3.63, 3.8) is 0 Å². The number of hydrogen-bond donors (Lipinski definition) is 1. The van der Waals surface area contributed by atoms with Crippen LogP contribution in [0.3, 0.4) is 0 Å². The highest BCUT2D eigenvalue weighted by atomic mass is 32.2. The lowest BCUT2D eigenvalue weighted by Crippen LogP contribution is -2.37. The zero-order valence-corrected chi connectivity index (χ0v) is 15.0. The number of thiophene rings is 1. The van der Waals surface area contributed by atoms with Crippen LogP contribution < -0.4 is 5.32 Å². The summed E-state index contributed by atoms with van der Waals surface area (Å²) in [7, 11) is -3.18. The van der Waals surface area contributed by atoms with Gasteiger partial charge in [-0.15, -0.1) is 11.3 Å². The van der Waals surface area contributed by atoms with Gasteiger partial charge in [0, 0.05) is 17.5 Å². The van der Waals surface area contributed by atoms with Gasteiger partial charge in [-0.25, -0.2) is 8.42 Å². The predicted molar refractivity (Wildman–Crippen MR) is 91.2 cm³/mol. The highest BCUT2D eigenvalue weighted by Gasteiger charge is 2.24. The maximum atomic E-state index is 12.5. The smallest absolute Gasteiger partial charge is 0.214 e. The van der Waals surface area contributed by atoms with Gasteiger partial charge in [-0.1, -0.05) is 13.0 Å². The summed E-state index contributed by atoms with van der Waals surface area (Å²) in [6, 6.07) is 3.95. The lowest BCUT2D eigenvalue weighted by Gasteiger charge is -2.25. The molecule has 0 bridgehead atoms. The third-order valence-corrected chi connectivity index (χ3v) is 6.19. The normalized spacial score (nSPS) is 12.4. The van der Waals surface area contributed by atoms with Crippen LogP contribution in [0, 0.1) is 0 Å². The standard InChI is InChI=1S/C15H28N2O2S2/c1-4-9-16-10-5-6-12-21(18,19)17(14(2)3)13-15-8-7-11-20-15/h7-8,11,14,16H,4-6,9-10,12-13H2,1-3H3. The Bertz CT molecular complexity index is 470. The van der Waals surface area contributed by atoms with Crippen molar-refractivity contribution >= 4 is 21.4 Å². The second kappa shape index (κ2) is 9.56. The van der Waals surface area contributed by atoms with E-state index in [2.05, 4.69) is 12.2 Å². The maximum absolute atomic E-state index is 12.5. The van der Waals surface area contributed by atoms with Crippen LogP contribution in [0.5, 0.6) is 0 Å². The molecular formula is C15H28N2O2S2. The molecule has 0 amide bonds. The topological polar surface area (TPSA) is 49.4 Å². The lowest BCUT2D eigenvalue weighted by atomic mass is 10.3. The van der Waals surface area contributed by atoms with Crippen LogP contribution in [0.4, 0.5) is 0 Å². The second-order valence-electron chi connectivity index (χ2n) is 5.49. The van der Waals surface area contributed by atoms with Gasteiger partial charge in [0.2, 0.25) is 10.0 Å². The van der Waals surface area contributed by atoms with Gasteiger partial charge < -0.3 is 5.32 Å². The Morgan fingerprint density at radius 2 is 2.05 bits per heavy atom. The Hall–Kier alpha value is -0.430. The first-order chi connectivity index (χ1) is 9.97. The van der Waals surface area contributed by atoms with Crippen LogP contribution in [0.2, 0.25) is 0 Å². The molecule has 1 heterocycles. The van der Waals surface area contributed by atoms with E-state index in [4.69, 9.17) is 0 Å². The average molecular weight is 333 g/mol. The van der Waals surface area contributed by atoms with E-state index < -0.39 is 10.0 Å². The molecular weight excluding hydrogens is 304 g/mol. The van der Waals surface area contributed by atoms with Gasteiger partial charge in [0.15, 0.2) is 0 Å². The molecule has 0 radical (unpaired) electrons. The van der Waals surface area contributed by atoms with Gasteiger partial charge in [0.05, 0.1) is 5.75 Å². The second-order valence-corrected chi connectivity index (χ2v) is 8.56. The molecule has 1 rings (SSSR count). The molecule has 0 aliphatic rings. The van der Waals surface area contributed by atoms with E-state index >= 15 is 0 Å². The van der Waals surface area contributed by atoms with Crippen LogP contribution in [-0.2, 0) is 16.6 Å². The van der Waals surface area contributed by atoms with E-state index in [-0.39, 0.29) is 11.8 Å². The minimum Gasteiger partial charge on any atom is -0.317 e. The van der Waals surface area contributed by atoms with Crippen molar-refractivity contribution in [1.82, 2.24) is 9.62 Å². The molecule has 1 aromatic rings. The molecule has 0 saturated heterocycles. The van der Waals surface area contributed by atoms with Gasteiger partial charge in [0.1, 0.15) is 0 Å². The molecule has 0 saturated carbocycles. The minimum absolute atomic E-state index is 0.00434. The molecule has 0 atom stereocenters. The van der Waals surface area contributed by atoms with E-state index in [1.165, 1.54) is 0 Å². The zero-order valence-electron chi connectivity index (χ0n) is 13.3. The third-order valence-electron chi connectivity index (χ3n) is 3.26. The number of nitrogens with zero attached hydrogens (tertiary/aromatic N) is 1. The molecule has 6 heteroatoms. The van der Waals surface area contributed by atoms with E-state index in [1.807, 2.05) is 31.4 Å². The highest BCUT2D eigenvalue weighted by molar-refractivity contribution is 7.89. The number of hydrogen-bond acceptors (Lipinski definition) is 4. The summed E-state index contributed by atoms with van der Waals surface area (Å²) < 4.78 is 26.6. The van der Waals surface area contributed by atoms with E-state index in [1.54, 1.807) is 15.6 Å². The summed E-state index contributed by atoms with van der Waals surface area (Å²) in [5.41, 5.74) is 0. The van der Waals surface area contributed by atoms with Crippen LogP contribution >= 0.6 is 11.3 Å². The van der Waals surface area contributed by atoms with E-state index in [0.717, 1.165) is 30.8 Å². The Kier molecular flexibility index (Phi) is 8.48. The molecule has 0 aliphatic heterocycles. The Labute approximate surface area is 133 Å². The molecule has 1 aromatic heterocycles. The Morgan fingerprint density at radius 1 is 1.29 bits per heavy atom. The van der Waals surface area contributed by atoms with Gasteiger partial charge in [-0.05, 0) is 57.6 Å². The molecule has 1 N–H and O–H groups in total. The fourth-order valence-corrected chi connectivity index (χ4v) is 4.68. The fourth-order valence-electron chi connectivity index (χ4n) is 2.11. The first-order valence-electron chi connectivity index (χ1n) is 7.70. The van der Waals surface area contributed by atoms with Crippen molar-refractivity contribution in [3.05, 3.63) is 22.4 Å². The van der Waals surface area contributed by atoms with Crippen molar-refractivity contribution in [1.29, 1.82) is 0 Å². The van der Waals surface area contributed by atoms with Gasteiger partial charge in [-0.2, -0.15) is 4.31 Å². The lowest BCUT2D eigenvalue weighted by molar-refractivity contribution is 0.350. The summed E-state index contributed by atoms with van der Waals surface area (Å²) in [6.07, 6.45) is 2.73. The largest absolute Gasteiger partial charge is 0.317 e. The summed E-state index contributed by atoms with van der Waals surface area (Å²) >= 11 is 1.61. The van der Waals surface area contributed by atoms with Crippen molar-refractivity contribution in [2.75, 3.05) is 18.8 Å². The first-order valence-corrected chi connectivity index (χ1v) is 10.2. The molecule has 0 unspecified atom stereocenters. The maximum Gasteiger partial charge on any atom is 0.214 e. The van der Waals surface area contributed by atoms with Gasteiger partial charge >= 0.3 is 0 Å². The monoisotopic (exact) mass is 332 g/mol. The molecule has 0 aliphatic carbocycles. The van der Waals surface area contributed by atoms with Crippen molar-refractivity contribution in [2.24, 2.45) is 0 Å². The number of unbranched alkanes of at least 4 members (excludes halogenated alkanes) is 1. The molecule has 0 fully saturated rings. The third kappa shape index (κ3) is 6.91. The highest BCUT2D eigenvalue weighted by Crippen LogP contribution is 2.18.